The molecule has 1 amide bonds. The molecule has 0 aromatic carbocycles. The summed E-state index contributed by atoms with van der Waals surface area (Å²) in [4.78, 5) is 21.5. The monoisotopic (exact) mass is 372 g/mol. The number of nitriles is 1. The summed E-state index contributed by atoms with van der Waals surface area (Å²) in [5.74, 6) is 1.54. The number of anilines is 1. The van der Waals surface area contributed by atoms with Gasteiger partial charge in [-0.2, -0.15) is 5.26 Å². The summed E-state index contributed by atoms with van der Waals surface area (Å²) in [6.45, 7) is 7.53. The van der Waals surface area contributed by atoms with Crippen molar-refractivity contribution in [2.24, 2.45) is 0 Å². The van der Waals surface area contributed by atoms with Crippen molar-refractivity contribution in [3.8, 4) is 6.07 Å². The van der Waals surface area contributed by atoms with Gasteiger partial charge in [0.15, 0.2) is 0 Å². The molecule has 6 heteroatoms. The van der Waals surface area contributed by atoms with Gasteiger partial charge < -0.3 is 9.80 Å². The second-order valence-electron chi connectivity index (χ2n) is 6.94. The highest BCUT2D eigenvalue weighted by atomic mass is 32.2. The second kappa shape index (κ2) is 8.77. The van der Waals surface area contributed by atoms with Crippen LogP contribution in [0.3, 0.4) is 0 Å². The summed E-state index contributed by atoms with van der Waals surface area (Å²) in [6.07, 6.45) is 6.70. The molecular weight excluding hydrogens is 344 g/mol. The summed E-state index contributed by atoms with van der Waals surface area (Å²) < 4.78 is 0. The fraction of sp³-hybridized carbons (Fsp3) is 0.650. The van der Waals surface area contributed by atoms with E-state index in [-0.39, 0.29) is 5.91 Å². The van der Waals surface area contributed by atoms with Crippen LogP contribution in [0.5, 0.6) is 0 Å². The third-order valence-electron chi connectivity index (χ3n) is 5.43. The van der Waals surface area contributed by atoms with Crippen molar-refractivity contribution in [2.45, 2.75) is 57.4 Å². The van der Waals surface area contributed by atoms with E-state index in [0.29, 0.717) is 11.3 Å². The number of amides is 1. The van der Waals surface area contributed by atoms with Crippen LogP contribution in [0.2, 0.25) is 0 Å². The Balaban J connectivity index is 1.92. The van der Waals surface area contributed by atoms with E-state index in [2.05, 4.69) is 11.0 Å². The molecule has 140 valence electrons. The van der Waals surface area contributed by atoms with E-state index in [9.17, 15) is 10.1 Å². The molecule has 2 aliphatic rings. The van der Waals surface area contributed by atoms with Crippen molar-refractivity contribution in [3.05, 3.63) is 16.7 Å². The molecule has 3 rings (SSSR count). The molecule has 1 saturated heterocycles. The smallest absolute Gasteiger partial charge is 0.232 e. The van der Waals surface area contributed by atoms with Crippen LogP contribution in [0.15, 0.2) is 5.03 Å². The zero-order chi connectivity index (χ0) is 18.5. The zero-order valence-electron chi connectivity index (χ0n) is 15.9. The minimum absolute atomic E-state index is 0.117. The lowest BCUT2D eigenvalue weighted by molar-refractivity contribution is -0.127. The molecule has 1 aromatic rings. The minimum Gasteiger partial charge on any atom is -0.356 e. The number of hydrogen-bond donors (Lipinski definition) is 0. The first-order chi connectivity index (χ1) is 12.7. The first kappa shape index (κ1) is 19.0. The number of fused-ring (bicyclic) bond motifs is 1. The van der Waals surface area contributed by atoms with E-state index >= 15 is 0 Å². The van der Waals surface area contributed by atoms with E-state index in [1.165, 1.54) is 42.2 Å². The Bertz CT molecular complexity index is 703. The van der Waals surface area contributed by atoms with Crippen molar-refractivity contribution in [1.29, 1.82) is 5.26 Å². The summed E-state index contributed by atoms with van der Waals surface area (Å²) in [5, 5.41) is 10.5. The number of carbonyl (C=O) groups is 1. The lowest BCUT2D eigenvalue weighted by Crippen LogP contribution is -2.32. The first-order valence-electron chi connectivity index (χ1n) is 9.80. The van der Waals surface area contributed by atoms with Gasteiger partial charge in [0.25, 0.3) is 0 Å². The highest BCUT2D eigenvalue weighted by molar-refractivity contribution is 8.00. The van der Waals surface area contributed by atoms with Crippen LogP contribution >= 0.6 is 11.8 Å². The average Bonchev–Trinajstić information content (AvgIpc) is 3.21. The van der Waals surface area contributed by atoms with E-state index in [0.717, 1.165) is 56.3 Å². The number of hydrogen-bond acceptors (Lipinski definition) is 5. The lowest BCUT2D eigenvalue weighted by atomic mass is 9.89. The predicted octanol–water partition coefficient (Wildman–Crippen LogP) is 3.39. The lowest BCUT2D eigenvalue weighted by Gasteiger charge is -2.27. The Kier molecular flexibility index (Phi) is 6.42. The standard InChI is InChI=1S/C20H28N4OS/c1-3-23(4-2)18(25)14-26-20-17(13-21)15-9-5-6-10-16(15)19(22-20)24-11-7-8-12-24/h3-12,14H2,1-2H3. The quantitative estimate of drug-likeness (QED) is 0.716. The molecule has 1 aliphatic heterocycles. The highest BCUT2D eigenvalue weighted by Gasteiger charge is 2.26. The van der Waals surface area contributed by atoms with Gasteiger partial charge in [0, 0.05) is 26.2 Å². The first-order valence-corrected chi connectivity index (χ1v) is 10.8. The minimum atomic E-state index is 0.117. The molecule has 26 heavy (non-hydrogen) atoms. The van der Waals surface area contributed by atoms with Crippen molar-refractivity contribution in [3.63, 3.8) is 0 Å². The van der Waals surface area contributed by atoms with Crippen LogP contribution in [0.1, 0.15) is 56.2 Å². The largest absolute Gasteiger partial charge is 0.356 e. The van der Waals surface area contributed by atoms with E-state index in [1.807, 2.05) is 18.7 Å². The molecule has 0 N–H and O–H groups in total. The van der Waals surface area contributed by atoms with Gasteiger partial charge in [0.1, 0.15) is 16.9 Å². The molecule has 1 aliphatic carbocycles. The molecule has 1 fully saturated rings. The van der Waals surface area contributed by atoms with E-state index in [1.54, 1.807) is 0 Å². The topological polar surface area (TPSA) is 60.2 Å². The fourth-order valence-corrected chi connectivity index (χ4v) is 4.89. The molecule has 0 unspecified atom stereocenters. The van der Waals surface area contributed by atoms with Gasteiger partial charge in [-0.05, 0) is 63.5 Å². The van der Waals surface area contributed by atoms with Gasteiger partial charge in [0.2, 0.25) is 5.91 Å². The Morgan fingerprint density at radius 2 is 1.81 bits per heavy atom. The van der Waals surface area contributed by atoms with Crippen molar-refractivity contribution in [1.82, 2.24) is 9.88 Å². The molecule has 0 spiro atoms. The third-order valence-corrected chi connectivity index (χ3v) is 6.39. The normalized spacial score (nSPS) is 16.3. The van der Waals surface area contributed by atoms with Gasteiger partial charge >= 0.3 is 0 Å². The van der Waals surface area contributed by atoms with Crippen LogP contribution in [0.4, 0.5) is 5.82 Å². The summed E-state index contributed by atoms with van der Waals surface area (Å²) in [7, 11) is 0. The molecule has 0 radical (unpaired) electrons. The third kappa shape index (κ3) is 3.83. The van der Waals surface area contributed by atoms with Gasteiger partial charge in [-0.1, -0.05) is 11.8 Å². The number of nitrogens with zero attached hydrogens (tertiary/aromatic N) is 4. The van der Waals surface area contributed by atoms with Crippen molar-refractivity contribution >= 4 is 23.5 Å². The number of aromatic nitrogens is 1. The average molecular weight is 373 g/mol. The van der Waals surface area contributed by atoms with Gasteiger partial charge in [-0.15, -0.1) is 0 Å². The fourth-order valence-electron chi connectivity index (χ4n) is 3.98. The molecule has 0 atom stereocenters. The van der Waals surface area contributed by atoms with Gasteiger partial charge in [-0.3, -0.25) is 4.79 Å². The second-order valence-corrected chi connectivity index (χ2v) is 7.90. The summed E-state index contributed by atoms with van der Waals surface area (Å²) in [6, 6.07) is 2.40. The number of pyridine rings is 1. The zero-order valence-corrected chi connectivity index (χ0v) is 16.7. The van der Waals surface area contributed by atoms with Crippen LogP contribution in [0, 0.1) is 11.3 Å². The van der Waals surface area contributed by atoms with Crippen LogP contribution in [0.25, 0.3) is 0 Å². The predicted molar refractivity (Wildman–Crippen MR) is 106 cm³/mol. The Labute approximate surface area is 160 Å². The van der Waals surface area contributed by atoms with Crippen molar-refractivity contribution in [2.75, 3.05) is 36.8 Å². The van der Waals surface area contributed by atoms with Gasteiger partial charge in [0.05, 0.1) is 11.3 Å². The van der Waals surface area contributed by atoms with Crippen molar-refractivity contribution < 1.29 is 4.79 Å². The maximum Gasteiger partial charge on any atom is 0.232 e. The Morgan fingerprint density at radius 3 is 2.42 bits per heavy atom. The molecule has 0 bridgehead atoms. The summed E-state index contributed by atoms with van der Waals surface area (Å²) in [5.41, 5.74) is 3.18. The maximum atomic E-state index is 12.4. The van der Waals surface area contributed by atoms with E-state index < -0.39 is 0 Å². The molecule has 5 nitrogen and oxygen atoms in total. The number of carbonyl (C=O) groups excluding carboxylic acids is 1. The maximum absolute atomic E-state index is 12.4. The molecule has 0 saturated carbocycles. The summed E-state index contributed by atoms with van der Waals surface area (Å²) >= 11 is 1.43. The Morgan fingerprint density at radius 1 is 1.15 bits per heavy atom. The number of rotatable bonds is 6. The Hall–Kier alpha value is -1.74. The number of thioether (sulfide) groups is 1. The van der Waals surface area contributed by atoms with Gasteiger partial charge in [-0.25, -0.2) is 4.98 Å². The molecule has 1 aromatic heterocycles. The van der Waals surface area contributed by atoms with Crippen LogP contribution in [-0.4, -0.2) is 47.7 Å². The SMILES string of the molecule is CCN(CC)C(=O)CSc1nc(N2CCCC2)c2c(c1C#N)CCCC2. The highest BCUT2D eigenvalue weighted by Crippen LogP contribution is 2.37. The van der Waals surface area contributed by atoms with Crippen LogP contribution in [-0.2, 0) is 17.6 Å². The van der Waals surface area contributed by atoms with Crippen LogP contribution < -0.4 is 4.90 Å². The molecule has 2 heterocycles. The van der Waals surface area contributed by atoms with E-state index in [4.69, 9.17) is 4.98 Å². The molecular formula is C20H28N4OS.